The zero-order chi connectivity index (χ0) is 12.3. The van der Waals surface area contributed by atoms with Gasteiger partial charge in [-0.3, -0.25) is 4.79 Å². The van der Waals surface area contributed by atoms with Gasteiger partial charge in [0, 0.05) is 0 Å². The van der Waals surface area contributed by atoms with Crippen molar-refractivity contribution in [3.8, 4) is 0 Å². The first-order valence-corrected chi connectivity index (χ1v) is 6.25. The smallest absolute Gasteiger partial charge is 0.307 e. The molecule has 0 fully saturated rings. The Morgan fingerprint density at radius 1 is 1.44 bits per heavy atom. The van der Waals surface area contributed by atoms with E-state index in [0.29, 0.717) is 0 Å². The van der Waals surface area contributed by atoms with Crippen LogP contribution in [0.15, 0.2) is 23.1 Å². The number of carbonyl (C=O) groups is 1. The van der Waals surface area contributed by atoms with Crippen molar-refractivity contribution in [2.75, 3.05) is 5.75 Å². The minimum atomic E-state index is -3.45. The predicted octanol–water partition coefficient (Wildman–Crippen LogP) is 1.25. The molecule has 16 heavy (non-hydrogen) atoms. The summed E-state index contributed by atoms with van der Waals surface area (Å²) in [6.45, 7) is 1.46. The quantitative estimate of drug-likeness (QED) is 0.867. The van der Waals surface area contributed by atoms with Crippen LogP contribution in [-0.4, -0.2) is 25.2 Å². The summed E-state index contributed by atoms with van der Waals surface area (Å²) in [6.07, 6.45) is -0.460. The monoisotopic (exact) mass is 246 g/mol. The number of hydrogen-bond donors (Lipinski definition) is 1. The van der Waals surface area contributed by atoms with Gasteiger partial charge in [-0.05, 0) is 17.7 Å². The minimum Gasteiger partial charge on any atom is -0.481 e. The van der Waals surface area contributed by atoms with Gasteiger partial charge < -0.3 is 5.11 Å². The predicted molar refractivity (Wildman–Crippen MR) is 55.5 cm³/mol. The molecule has 0 aliphatic heterocycles. The fourth-order valence-corrected chi connectivity index (χ4v) is 2.09. The van der Waals surface area contributed by atoms with Crippen LogP contribution in [0.25, 0.3) is 0 Å². The average molecular weight is 246 g/mol. The first kappa shape index (κ1) is 12.6. The second kappa shape index (κ2) is 4.61. The molecule has 0 radical (unpaired) electrons. The van der Waals surface area contributed by atoms with Gasteiger partial charge in [-0.1, -0.05) is 13.0 Å². The summed E-state index contributed by atoms with van der Waals surface area (Å²) in [5.41, 5.74) is -0.0254. The molecule has 0 bridgehead atoms. The molecular weight excluding hydrogens is 235 g/mol. The van der Waals surface area contributed by atoms with E-state index in [2.05, 4.69) is 0 Å². The Bertz CT molecular complexity index is 508. The molecule has 0 saturated heterocycles. The summed E-state index contributed by atoms with van der Waals surface area (Å²) in [6, 6.07) is 3.27. The summed E-state index contributed by atoms with van der Waals surface area (Å²) in [4.78, 5) is 10.3. The molecule has 0 amide bonds. The van der Waals surface area contributed by atoms with Gasteiger partial charge in [0.25, 0.3) is 0 Å². The van der Waals surface area contributed by atoms with E-state index in [-0.39, 0.29) is 16.2 Å². The van der Waals surface area contributed by atoms with Crippen molar-refractivity contribution in [2.45, 2.75) is 18.2 Å². The maximum atomic E-state index is 13.3. The summed E-state index contributed by atoms with van der Waals surface area (Å²) < 4.78 is 36.2. The van der Waals surface area contributed by atoms with Crippen molar-refractivity contribution in [1.29, 1.82) is 0 Å². The standard InChI is InChI=1S/C10H11FO4S/c1-2-16(14,15)8-4-3-7(5-10(12)13)9(11)6-8/h3-4,6H,2,5H2,1H3,(H,12,13). The highest BCUT2D eigenvalue weighted by atomic mass is 32.2. The van der Waals surface area contributed by atoms with E-state index in [0.717, 1.165) is 6.07 Å². The number of aliphatic carboxylic acids is 1. The lowest BCUT2D eigenvalue weighted by molar-refractivity contribution is -0.136. The van der Waals surface area contributed by atoms with E-state index in [9.17, 15) is 17.6 Å². The second-order valence-electron chi connectivity index (χ2n) is 3.23. The molecular formula is C10H11FO4S. The van der Waals surface area contributed by atoms with Crippen LogP contribution in [0, 0.1) is 5.82 Å². The molecule has 1 aromatic rings. The lowest BCUT2D eigenvalue weighted by Gasteiger charge is -2.04. The van der Waals surface area contributed by atoms with Gasteiger partial charge in [0.1, 0.15) is 5.82 Å². The normalized spacial score (nSPS) is 11.4. The van der Waals surface area contributed by atoms with Crippen LogP contribution in [0.4, 0.5) is 4.39 Å². The van der Waals surface area contributed by atoms with Crippen LogP contribution < -0.4 is 0 Å². The summed E-state index contributed by atoms with van der Waals surface area (Å²) in [5.74, 6) is -2.09. The second-order valence-corrected chi connectivity index (χ2v) is 5.51. The van der Waals surface area contributed by atoms with Crippen LogP contribution in [-0.2, 0) is 21.1 Å². The third-order valence-electron chi connectivity index (χ3n) is 2.11. The van der Waals surface area contributed by atoms with Gasteiger partial charge >= 0.3 is 5.97 Å². The van der Waals surface area contributed by atoms with Crippen LogP contribution in [0.3, 0.4) is 0 Å². The van der Waals surface area contributed by atoms with Crippen molar-refractivity contribution >= 4 is 15.8 Å². The minimum absolute atomic E-state index is 0.0254. The van der Waals surface area contributed by atoms with Gasteiger partial charge in [0.05, 0.1) is 17.1 Å². The molecule has 6 heteroatoms. The third kappa shape index (κ3) is 2.79. The summed E-state index contributed by atoms with van der Waals surface area (Å²) in [5, 5.41) is 8.48. The van der Waals surface area contributed by atoms with Crippen molar-refractivity contribution < 1.29 is 22.7 Å². The Kier molecular flexibility index (Phi) is 3.64. The molecule has 0 aliphatic rings. The third-order valence-corrected chi connectivity index (χ3v) is 3.84. The van der Waals surface area contributed by atoms with E-state index < -0.39 is 28.0 Å². The number of rotatable bonds is 4. The molecule has 1 aromatic carbocycles. The van der Waals surface area contributed by atoms with Crippen LogP contribution in [0.5, 0.6) is 0 Å². The average Bonchev–Trinajstić information content (AvgIpc) is 2.20. The molecule has 0 aliphatic carbocycles. The fraction of sp³-hybridized carbons (Fsp3) is 0.300. The van der Waals surface area contributed by atoms with Crippen molar-refractivity contribution in [2.24, 2.45) is 0 Å². The SMILES string of the molecule is CCS(=O)(=O)c1ccc(CC(=O)O)c(F)c1. The van der Waals surface area contributed by atoms with Gasteiger partial charge in [-0.15, -0.1) is 0 Å². The topological polar surface area (TPSA) is 71.4 Å². The lowest BCUT2D eigenvalue weighted by Crippen LogP contribution is -2.07. The Labute approximate surface area is 92.6 Å². The summed E-state index contributed by atoms with van der Waals surface area (Å²) in [7, 11) is -3.45. The van der Waals surface area contributed by atoms with E-state index in [1.54, 1.807) is 0 Å². The molecule has 0 atom stereocenters. The highest BCUT2D eigenvalue weighted by molar-refractivity contribution is 7.91. The number of sulfone groups is 1. The Morgan fingerprint density at radius 3 is 2.50 bits per heavy atom. The first-order valence-electron chi connectivity index (χ1n) is 4.60. The van der Waals surface area contributed by atoms with Crippen LogP contribution >= 0.6 is 0 Å². The molecule has 88 valence electrons. The highest BCUT2D eigenvalue weighted by Crippen LogP contribution is 2.16. The zero-order valence-corrected chi connectivity index (χ0v) is 9.42. The molecule has 0 spiro atoms. The van der Waals surface area contributed by atoms with Crippen LogP contribution in [0.2, 0.25) is 0 Å². The van der Waals surface area contributed by atoms with Crippen molar-refractivity contribution in [3.63, 3.8) is 0 Å². The molecule has 4 nitrogen and oxygen atoms in total. The molecule has 0 aromatic heterocycles. The number of halogens is 1. The van der Waals surface area contributed by atoms with E-state index in [1.165, 1.54) is 19.1 Å². The molecule has 0 heterocycles. The maximum absolute atomic E-state index is 13.3. The number of carboxylic acid groups (broad SMARTS) is 1. The maximum Gasteiger partial charge on any atom is 0.307 e. The van der Waals surface area contributed by atoms with E-state index >= 15 is 0 Å². The van der Waals surface area contributed by atoms with Gasteiger partial charge in [0.15, 0.2) is 9.84 Å². The van der Waals surface area contributed by atoms with E-state index in [4.69, 9.17) is 5.11 Å². The Morgan fingerprint density at radius 2 is 2.06 bits per heavy atom. The Balaban J connectivity index is 3.14. The first-order chi connectivity index (χ1) is 7.36. The summed E-state index contributed by atoms with van der Waals surface area (Å²) >= 11 is 0. The van der Waals surface area contributed by atoms with Gasteiger partial charge in [-0.25, -0.2) is 12.8 Å². The highest BCUT2D eigenvalue weighted by Gasteiger charge is 2.15. The molecule has 0 unspecified atom stereocenters. The van der Waals surface area contributed by atoms with Gasteiger partial charge in [0.2, 0.25) is 0 Å². The Hall–Kier alpha value is -1.43. The number of hydrogen-bond acceptors (Lipinski definition) is 3. The van der Waals surface area contributed by atoms with Gasteiger partial charge in [-0.2, -0.15) is 0 Å². The van der Waals surface area contributed by atoms with Crippen molar-refractivity contribution in [3.05, 3.63) is 29.6 Å². The zero-order valence-electron chi connectivity index (χ0n) is 8.60. The molecule has 0 saturated carbocycles. The molecule has 1 rings (SSSR count). The fourth-order valence-electron chi connectivity index (χ4n) is 1.19. The largest absolute Gasteiger partial charge is 0.481 e. The lowest BCUT2D eigenvalue weighted by atomic mass is 10.1. The molecule has 1 N–H and O–H groups in total. The van der Waals surface area contributed by atoms with Crippen molar-refractivity contribution in [1.82, 2.24) is 0 Å². The number of benzene rings is 1. The number of carboxylic acids is 1. The van der Waals surface area contributed by atoms with Crippen LogP contribution in [0.1, 0.15) is 12.5 Å². The van der Waals surface area contributed by atoms with E-state index in [1.807, 2.05) is 0 Å².